The molecule has 142 valence electrons. The molecule has 2 fully saturated rings. The highest BCUT2D eigenvalue weighted by Gasteiger charge is 2.46. The first-order valence-electron chi connectivity index (χ1n) is 9.23. The zero-order valence-corrected chi connectivity index (χ0v) is 15.1. The number of aromatic amines is 1. The Bertz CT molecular complexity index is 1090. The summed E-state index contributed by atoms with van der Waals surface area (Å²) in [7, 11) is 0. The molecular weight excluding hydrogens is 356 g/mol. The predicted octanol–water partition coefficient (Wildman–Crippen LogP) is 1.35. The number of imidazole rings is 1. The minimum atomic E-state index is -0.494. The summed E-state index contributed by atoms with van der Waals surface area (Å²) in [6, 6.07) is 12.7. The summed E-state index contributed by atoms with van der Waals surface area (Å²) in [5, 5.41) is 0. The van der Waals surface area contributed by atoms with E-state index in [9.17, 15) is 9.59 Å². The molecule has 5 N–H and O–H groups in total. The number of likely N-dealkylation sites (tertiary alicyclic amines) is 1. The normalized spacial score (nSPS) is 20.9. The molecule has 8 nitrogen and oxygen atoms in total. The summed E-state index contributed by atoms with van der Waals surface area (Å²) in [6.45, 7) is 1.35. The van der Waals surface area contributed by atoms with Crippen molar-refractivity contribution in [3.63, 3.8) is 0 Å². The number of benzene rings is 2. The fourth-order valence-corrected chi connectivity index (χ4v) is 4.32. The number of nitrogen functional groups attached to an aromatic ring is 1. The van der Waals surface area contributed by atoms with E-state index in [1.165, 1.54) is 0 Å². The van der Waals surface area contributed by atoms with Crippen molar-refractivity contribution in [3.05, 3.63) is 53.6 Å². The maximum atomic E-state index is 12.8. The van der Waals surface area contributed by atoms with Crippen LogP contribution in [0.2, 0.25) is 0 Å². The molecular formula is C20H20N6O2. The topological polar surface area (TPSA) is 121 Å². The Morgan fingerprint density at radius 2 is 1.86 bits per heavy atom. The molecule has 3 heterocycles. The minimum absolute atomic E-state index is 0.0350. The first-order chi connectivity index (χ1) is 13.5. The van der Waals surface area contributed by atoms with Gasteiger partial charge >= 0.3 is 0 Å². The number of aromatic nitrogens is 2. The molecule has 0 radical (unpaired) electrons. The van der Waals surface area contributed by atoms with Gasteiger partial charge in [0.05, 0.1) is 23.2 Å². The van der Waals surface area contributed by atoms with E-state index in [0.29, 0.717) is 35.4 Å². The Balaban J connectivity index is 1.38. The lowest BCUT2D eigenvalue weighted by molar-refractivity contribution is 0.0725. The third-order valence-corrected chi connectivity index (χ3v) is 5.70. The number of carbonyl (C=O) groups is 2. The van der Waals surface area contributed by atoms with Gasteiger partial charge in [-0.1, -0.05) is 6.07 Å². The van der Waals surface area contributed by atoms with Crippen molar-refractivity contribution in [2.75, 3.05) is 23.7 Å². The van der Waals surface area contributed by atoms with Crippen molar-refractivity contribution >= 4 is 34.5 Å². The zero-order chi connectivity index (χ0) is 19.4. The van der Waals surface area contributed by atoms with Crippen molar-refractivity contribution in [1.29, 1.82) is 0 Å². The van der Waals surface area contributed by atoms with Crippen LogP contribution in [0.4, 0.5) is 11.6 Å². The number of carbonyl (C=O) groups excluding carboxylic acids is 2. The van der Waals surface area contributed by atoms with Crippen LogP contribution in [0.5, 0.6) is 0 Å². The zero-order valence-electron chi connectivity index (χ0n) is 15.1. The van der Waals surface area contributed by atoms with E-state index in [4.69, 9.17) is 11.5 Å². The second-order valence-electron chi connectivity index (χ2n) is 7.40. The Hall–Kier alpha value is -3.55. The van der Waals surface area contributed by atoms with Crippen molar-refractivity contribution in [2.24, 2.45) is 5.73 Å². The Morgan fingerprint density at radius 1 is 1.07 bits per heavy atom. The molecule has 2 bridgehead atoms. The fraction of sp³-hybridized carbons (Fsp3) is 0.250. The highest BCUT2D eigenvalue weighted by molar-refractivity contribution is 6.04. The smallest absolute Gasteiger partial charge is 0.254 e. The molecule has 2 atom stereocenters. The van der Waals surface area contributed by atoms with Crippen LogP contribution in [0, 0.1) is 0 Å². The van der Waals surface area contributed by atoms with Gasteiger partial charge in [-0.3, -0.25) is 9.59 Å². The number of nitrogens with one attached hydrogen (secondary N) is 1. The monoisotopic (exact) mass is 376 g/mol. The summed E-state index contributed by atoms with van der Waals surface area (Å²) >= 11 is 0. The molecule has 8 heteroatoms. The van der Waals surface area contributed by atoms with Crippen molar-refractivity contribution in [2.45, 2.75) is 18.5 Å². The number of hydrogen-bond acceptors (Lipinski definition) is 5. The molecule has 0 aliphatic carbocycles. The molecule has 5 rings (SSSR count). The quantitative estimate of drug-likeness (QED) is 0.596. The van der Waals surface area contributed by atoms with Crippen LogP contribution in [-0.4, -0.2) is 51.9 Å². The van der Waals surface area contributed by atoms with Gasteiger partial charge in [-0.05, 0) is 42.8 Å². The average molecular weight is 376 g/mol. The van der Waals surface area contributed by atoms with Gasteiger partial charge in [0.15, 0.2) is 0 Å². The molecule has 3 aromatic rings. The van der Waals surface area contributed by atoms with Crippen LogP contribution in [0.3, 0.4) is 0 Å². The number of piperazine rings is 1. The van der Waals surface area contributed by atoms with E-state index >= 15 is 0 Å². The summed E-state index contributed by atoms with van der Waals surface area (Å²) in [5.74, 6) is 0.260. The average Bonchev–Trinajstić information content (AvgIpc) is 3.40. The number of nitrogens with two attached hydrogens (primary N) is 2. The van der Waals surface area contributed by atoms with Gasteiger partial charge in [-0.15, -0.1) is 0 Å². The standard InChI is InChI=1S/C20H20N6O2/c21-12-6-4-11(5-7-12)19(28)25-9-14-8-13(25)10-26(14)20-23-16-3-1-2-15(18(22)27)17(16)24-20/h1-7,13-14H,8-10,21H2,(H2,22,27)(H,23,24)/t13-,14-/m0/s1. The SMILES string of the molecule is NC(=O)c1cccc2[nH]c(N3C[C@@H]4C[C@H]3CN4C(=O)c3ccc(N)cc3)nc12. The molecule has 2 amide bonds. The van der Waals surface area contributed by atoms with Gasteiger partial charge in [-0.2, -0.15) is 0 Å². The van der Waals surface area contributed by atoms with Gasteiger partial charge in [-0.25, -0.2) is 4.98 Å². The Labute approximate surface area is 161 Å². The number of anilines is 2. The number of hydrogen-bond donors (Lipinski definition) is 3. The molecule has 1 aromatic heterocycles. The van der Waals surface area contributed by atoms with E-state index in [-0.39, 0.29) is 18.0 Å². The van der Waals surface area contributed by atoms with Crippen LogP contribution in [0.1, 0.15) is 27.1 Å². The lowest BCUT2D eigenvalue weighted by Gasteiger charge is -2.34. The summed E-state index contributed by atoms with van der Waals surface area (Å²) in [4.78, 5) is 36.5. The fourth-order valence-electron chi connectivity index (χ4n) is 4.32. The summed E-state index contributed by atoms with van der Waals surface area (Å²) in [5.41, 5.74) is 14.2. The first kappa shape index (κ1) is 16.6. The van der Waals surface area contributed by atoms with Crippen LogP contribution in [-0.2, 0) is 0 Å². The molecule has 0 saturated carbocycles. The van der Waals surface area contributed by atoms with Gasteiger partial charge in [0.25, 0.3) is 11.8 Å². The molecule has 0 unspecified atom stereocenters. The molecule has 2 aromatic carbocycles. The number of amides is 2. The van der Waals surface area contributed by atoms with E-state index in [1.807, 2.05) is 11.0 Å². The highest BCUT2D eigenvalue weighted by Crippen LogP contribution is 2.35. The second-order valence-corrected chi connectivity index (χ2v) is 7.40. The summed E-state index contributed by atoms with van der Waals surface area (Å²) < 4.78 is 0. The molecule has 2 aliphatic heterocycles. The van der Waals surface area contributed by atoms with Gasteiger partial charge in [0.2, 0.25) is 5.95 Å². The van der Waals surface area contributed by atoms with E-state index < -0.39 is 5.91 Å². The number of para-hydroxylation sites is 1. The molecule has 0 spiro atoms. The largest absolute Gasteiger partial charge is 0.399 e. The third kappa shape index (κ3) is 2.49. The summed E-state index contributed by atoms with van der Waals surface area (Å²) in [6.07, 6.45) is 0.903. The van der Waals surface area contributed by atoms with Crippen LogP contribution < -0.4 is 16.4 Å². The Kier molecular flexibility index (Phi) is 3.55. The molecule has 2 saturated heterocycles. The maximum absolute atomic E-state index is 12.8. The van der Waals surface area contributed by atoms with E-state index in [0.717, 1.165) is 17.9 Å². The second kappa shape index (κ2) is 5.98. The van der Waals surface area contributed by atoms with Crippen LogP contribution >= 0.6 is 0 Å². The van der Waals surface area contributed by atoms with Crippen LogP contribution in [0.25, 0.3) is 11.0 Å². The van der Waals surface area contributed by atoms with Gasteiger partial charge < -0.3 is 26.3 Å². The van der Waals surface area contributed by atoms with Crippen molar-refractivity contribution < 1.29 is 9.59 Å². The van der Waals surface area contributed by atoms with E-state index in [1.54, 1.807) is 36.4 Å². The number of primary amides is 1. The number of rotatable bonds is 3. The highest BCUT2D eigenvalue weighted by atomic mass is 16.2. The lowest BCUT2D eigenvalue weighted by atomic mass is 10.1. The van der Waals surface area contributed by atoms with Gasteiger partial charge in [0.1, 0.15) is 5.52 Å². The number of fused-ring (bicyclic) bond motifs is 3. The third-order valence-electron chi connectivity index (χ3n) is 5.70. The van der Waals surface area contributed by atoms with Crippen molar-refractivity contribution in [3.8, 4) is 0 Å². The maximum Gasteiger partial charge on any atom is 0.254 e. The van der Waals surface area contributed by atoms with E-state index in [2.05, 4.69) is 14.9 Å². The van der Waals surface area contributed by atoms with Crippen LogP contribution in [0.15, 0.2) is 42.5 Å². The van der Waals surface area contributed by atoms with Crippen molar-refractivity contribution in [1.82, 2.24) is 14.9 Å². The predicted molar refractivity (Wildman–Crippen MR) is 106 cm³/mol. The number of nitrogens with zero attached hydrogens (tertiary/aromatic N) is 3. The minimum Gasteiger partial charge on any atom is -0.399 e. The Morgan fingerprint density at radius 3 is 2.54 bits per heavy atom. The molecule has 28 heavy (non-hydrogen) atoms. The van der Waals surface area contributed by atoms with Gasteiger partial charge in [0, 0.05) is 24.3 Å². The molecule has 2 aliphatic rings. The first-order valence-corrected chi connectivity index (χ1v) is 9.23. The lowest BCUT2D eigenvalue weighted by Crippen LogP contribution is -2.49. The number of H-pyrrole nitrogens is 1.